The minimum atomic E-state index is -0.0959. The average Bonchev–Trinajstić information content (AvgIpc) is 2.89. The Labute approximate surface area is 112 Å². The summed E-state index contributed by atoms with van der Waals surface area (Å²) in [6.07, 6.45) is 2.81. The van der Waals surface area contributed by atoms with E-state index in [-0.39, 0.29) is 12.0 Å². The van der Waals surface area contributed by atoms with E-state index >= 15 is 0 Å². The standard InChI is InChI=1S/C13H19N3O3/c1-16-6-7-18-11(8-16)12-14-13(19-15-12)9-2-4-10(17)5-3-9/h9,11H,2-8H2,1H3. The van der Waals surface area contributed by atoms with E-state index in [1.807, 2.05) is 0 Å². The number of ketones is 1. The second kappa shape index (κ2) is 5.38. The summed E-state index contributed by atoms with van der Waals surface area (Å²) in [6.45, 7) is 2.43. The molecule has 2 heterocycles. The Kier molecular flexibility index (Phi) is 3.61. The van der Waals surface area contributed by atoms with Crippen molar-refractivity contribution in [3.05, 3.63) is 11.7 Å². The number of carbonyl (C=O) groups is 1. The zero-order valence-corrected chi connectivity index (χ0v) is 11.2. The summed E-state index contributed by atoms with van der Waals surface area (Å²) in [6, 6.07) is 0. The predicted molar refractivity (Wildman–Crippen MR) is 66.7 cm³/mol. The van der Waals surface area contributed by atoms with Crippen LogP contribution in [-0.2, 0) is 9.53 Å². The van der Waals surface area contributed by atoms with Crippen molar-refractivity contribution in [3.8, 4) is 0 Å². The summed E-state index contributed by atoms with van der Waals surface area (Å²) in [7, 11) is 2.06. The summed E-state index contributed by atoms with van der Waals surface area (Å²) in [5, 5.41) is 4.05. The van der Waals surface area contributed by atoms with Crippen molar-refractivity contribution < 1.29 is 14.1 Å². The van der Waals surface area contributed by atoms with Gasteiger partial charge in [0, 0.05) is 31.8 Å². The smallest absolute Gasteiger partial charge is 0.229 e. The molecule has 1 aliphatic carbocycles. The molecule has 0 N–H and O–H groups in total. The monoisotopic (exact) mass is 265 g/mol. The fourth-order valence-corrected chi connectivity index (χ4v) is 2.66. The Morgan fingerprint density at radius 1 is 1.32 bits per heavy atom. The average molecular weight is 265 g/mol. The molecule has 0 radical (unpaired) electrons. The van der Waals surface area contributed by atoms with E-state index in [0.29, 0.717) is 36.9 Å². The van der Waals surface area contributed by atoms with Crippen molar-refractivity contribution in [1.82, 2.24) is 15.0 Å². The van der Waals surface area contributed by atoms with Gasteiger partial charge in [0.05, 0.1) is 6.61 Å². The molecule has 104 valence electrons. The Morgan fingerprint density at radius 2 is 2.11 bits per heavy atom. The van der Waals surface area contributed by atoms with E-state index in [9.17, 15) is 4.79 Å². The molecule has 0 amide bonds. The second-order valence-corrected chi connectivity index (χ2v) is 5.43. The maximum Gasteiger partial charge on any atom is 0.229 e. The second-order valence-electron chi connectivity index (χ2n) is 5.43. The minimum absolute atomic E-state index is 0.0959. The van der Waals surface area contributed by atoms with Crippen molar-refractivity contribution in [2.45, 2.75) is 37.7 Å². The first-order valence-corrected chi connectivity index (χ1v) is 6.87. The lowest BCUT2D eigenvalue weighted by molar-refractivity contribution is -0.120. The van der Waals surface area contributed by atoms with E-state index < -0.39 is 0 Å². The number of likely N-dealkylation sites (N-methyl/N-ethyl adjacent to an activating group) is 1. The first-order chi connectivity index (χ1) is 9.22. The van der Waals surface area contributed by atoms with E-state index in [1.165, 1.54) is 0 Å². The van der Waals surface area contributed by atoms with Gasteiger partial charge in [-0.1, -0.05) is 5.16 Å². The van der Waals surface area contributed by atoms with Gasteiger partial charge in [-0.15, -0.1) is 0 Å². The van der Waals surface area contributed by atoms with Crippen molar-refractivity contribution in [2.75, 3.05) is 26.7 Å². The molecule has 3 rings (SSSR count). The van der Waals surface area contributed by atoms with Crippen LogP contribution in [0.25, 0.3) is 0 Å². The predicted octanol–water partition coefficient (Wildman–Crippen LogP) is 1.30. The molecular weight excluding hydrogens is 246 g/mol. The van der Waals surface area contributed by atoms with Crippen LogP contribution < -0.4 is 0 Å². The molecule has 2 fully saturated rings. The van der Waals surface area contributed by atoms with Crippen LogP contribution in [0.5, 0.6) is 0 Å². The number of morpholine rings is 1. The minimum Gasteiger partial charge on any atom is -0.367 e. The first kappa shape index (κ1) is 12.7. The molecule has 1 saturated carbocycles. The topological polar surface area (TPSA) is 68.5 Å². The van der Waals surface area contributed by atoms with Gasteiger partial charge < -0.3 is 14.2 Å². The first-order valence-electron chi connectivity index (χ1n) is 6.87. The molecule has 2 aliphatic rings. The Morgan fingerprint density at radius 3 is 2.84 bits per heavy atom. The quantitative estimate of drug-likeness (QED) is 0.803. The van der Waals surface area contributed by atoms with Crippen molar-refractivity contribution in [1.29, 1.82) is 0 Å². The van der Waals surface area contributed by atoms with Gasteiger partial charge in [-0.05, 0) is 19.9 Å². The molecule has 1 atom stereocenters. The molecule has 1 saturated heterocycles. The molecular formula is C13H19N3O3. The van der Waals surface area contributed by atoms with Crippen LogP contribution in [0.15, 0.2) is 4.52 Å². The highest BCUT2D eigenvalue weighted by Gasteiger charge is 2.28. The molecule has 0 spiro atoms. The van der Waals surface area contributed by atoms with Crippen LogP contribution >= 0.6 is 0 Å². The maximum atomic E-state index is 11.2. The van der Waals surface area contributed by atoms with Crippen LogP contribution in [0.2, 0.25) is 0 Å². The van der Waals surface area contributed by atoms with E-state index in [4.69, 9.17) is 9.26 Å². The maximum absolute atomic E-state index is 11.2. The van der Waals surface area contributed by atoms with Gasteiger partial charge in [0.15, 0.2) is 0 Å². The molecule has 1 aromatic rings. The molecule has 1 aromatic heterocycles. The van der Waals surface area contributed by atoms with Gasteiger partial charge in [-0.25, -0.2) is 0 Å². The summed E-state index contributed by atoms with van der Waals surface area (Å²) >= 11 is 0. The summed E-state index contributed by atoms with van der Waals surface area (Å²) in [4.78, 5) is 17.9. The third kappa shape index (κ3) is 2.84. The lowest BCUT2D eigenvalue weighted by atomic mass is 9.88. The summed E-state index contributed by atoms with van der Waals surface area (Å²) < 4.78 is 11.0. The van der Waals surface area contributed by atoms with Crippen LogP contribution in [0.4, 0.5) is 0 Å². The normalized spacial score (nSPS) is 26.8. The Bertz CT molecular complexity index is 450. The number of carbonyl (C=O) groups excluding carboxylic acids is 1. The van der Waals surface area contributed by atoms with E-state index in [2.05, 4.69) is 22.1 Å². The highest BCUT2D eigenvalue weighted by atomic mass is 16.5. The zero-order valence-electron chi connectivity index (χ0n) is 11.2. The fourth-order valence-electron chi connectivity index (χ4n) is 2.66. The SMILES string of the molecule is CN1CCOC(c2noc(C3CCC(=O)CC3)n2)C1. The van der Waals surface area contributed by atoms with Gasteiger partial charge >= 0.3 is 0 Å². The largest absolute Gasteiger partial charge is 0.367 e. The molecule has 1 aliphatic heterocycles. The number of rotatable bonds is 2. The van der Waals surface area contributed by atoms with Crippen LogP contribution in [0, 0.1) is 0 Å². The summed E-state index contributed by atoms with van der Waals surface area (Å²) in [5.41, 5.74) is 0. The molecule has 19 heavy (non-hydrogen) atoms. The van der Waals surface area contributed by atoms with E-state index in [1.54, 1.807) is 0 Å². The number of hydrogen-bond acceptors (Lipinski definition) is 6. The molecule has 6 nitrogen and oxygen atoms in total. The zero-order chi connectivity index (χ0) is 13.2. The number of hydrogen-bond donors (Lipinski definition) is 0. The highest BCUT2D eigenvalue weighted by molar-refractivity contribution is 5.79. The third-order valence-corrected chi connectivity index (χ3v) is 3.91. The van der Waals surface area contributed by atoms with Gasteiger partial charge in [0.1, 0.15) is 11.9 Å². The third-order valence-electron chi connectivity index (χ3n) is 3.91. The fraction of sp³-hybridized carbons (Fsp3) is 0.769. The van der Waals surface area contributed by atoms with Gasteiger partial charge in [0.2, 0.25) is 11.7 Å². The van der Waals surface area contributed by atoms with E-state index in [0.717, 1.165) is 25.9 Å². The number of aromatic nitrogens is 2. The highest BCUT2D eigenvalue weighted by Crippen LogP contribution is 2.31. The molecule has 6 heteroatoms. The molecule has 0 aromatic carbocycles. The van der Waals surface area contributed by atoms with Gasteiger partial charge in [-0.3, -0.25) is 4.79 Å². The van der Waals surface area contributed by atoms with Crippen molar-refractivity contribution in [2.24, 2.45) is 0 Å². The van der Waals surface area contributed by atoms with Crippen LogP contribution in [0.3, 0.4) is 0 Å². The van der Waals surface area contributed by atoms with Gasteiger partial charge in [-0.2, -0.15) is 4.98 Å². The Hall–Kier alpha value is -1.27. The van der Waals surface area contributed by atoms with Crippen LogP contribution in [0.1, 0.15) is 49.4 Å². The van der Waals surface area contributed by atoms with Gasteiger partial charge in [0.25, 0.3) is 0 Å². The number of Topliss-reactive ketones (excluding diaryl/α,β-unsaturated/α-hetero) is 1. The number of nitrogens with zero attached hydrogens (tertiary/aromatic N) is 3. The number of ether oxygens (including phenoxy) is 1. The molecule has 0 bridgehead atoms. The lowest BCUT2D eigenvalue weighted by Crippen LogP contribution is -2.35. The van der Waals surface area contributed by atoms with Crippen molar-refractivity contribution >= 4 is 5.78 Å². The van der Waals surface area contributed by atoms with Crippen molar-refractivity contribution in [3.63, 3.8) is 0 Å². The Balaban J connectivity index is 1.67. The lowest BCUT2D eigenvalue weighted by Gasteiger charge is -2.27. The van der Waals surface area contributed by atoms with Crippen LogP contribution in [-0.4, -0.2) is 47.6 Å². The summed E-state index contributed by atoms with van der Waals surface area (Å²) in [5.74, 6) is 1.88. The molecule has 1 unspecified atom stereocenters.